The molecule has 0 aliphatic carbocycles. The van der Waals surface area contributed by atoms with E-state index in [0.29, 0.717) is 26.3 Å². The van der Waals surface area contributed by atoms with E-state index in [-0.39, 0.29) is 11.8 Å². The smallest absolute Gasteiger partial charge is 0.228 e. The quantitative estimate of drug-likeness (QED) is 0.742. The topological polar surface area (TPSA) is 42.4 Å². The maximum absolute atomic E-state index is 12.3. The summed E-state index contributed by atoms with van der Waals surface area (Å²) in [5.41, 5.74) is 1.03. The standard InChI is InChI=1S/C14H18N2O2/c1-2-7-16(10-12-4-3-6-15-9-12)14(17)13-5-8-18-11-13/h2-4,6,9,13H,1,5,7-8,10-11H2/t13-/m1/s1. The Kier molecular flexibility index (Phi) is 4.47. The molecule has 0 aromatic carbocycles. The van der Waals surface area contributed by atoms with Gasteiger partial charge in [-0.15, -0.1) is 6.58 Å². The lowest BCUT2D eigenvalue weighted by molar-refractivity contribution is -0.135. The monoisotopic (exact) mass is 246 g/mol. The van der Waals surface area contributed by atoms with Crippen molar-refractivity contribution in [2.75, 3.05) is 19.8 Å². The Morgan fingerprint density at radius 2 is 2.56 bits per heavy atom. The van der Waals surface area contributed by atoms with Crippen molar-refractivity contribution in [1.82, 2.24) is 9.88 Å². The van der Waals surface area contributed by atoms with Gasteiger partial charge in [0.15, 0.2) is 0 Å². The van der Waals surface area contributed by atoms with Crippen LogP contribution in [0.25, 0.3) is 0 Å². The number of amides is 1. The van der Waals surface area contributed by atoms with Gasteiger partial charge in [-0.3, -0.25) is 9.78 Å². The molecular formula is C14H18N2O2. The van der Waals surface area contributed by atoms with Crippen LogP contribution in [0.1, 0.15) is 12.0 Å². The fraction of sp³-hybridized carbons (Fsp3) is 0.429. The second kappa shape index (κ2) is 6.31. The number of hydrogen-bond donors (Lipinski definition) is 0. The number of nitrogens with zero attached hydrogens (tertiary/aromatic N) is 2. The molecule has 18 heavy (non-hydrogen) atoms. The van der Waals surface area contributed by atoms with Gasteiger partial charge in [0.25, 0.3) is 0 Å². The predicted molar refractivity (Wildman–Crippen MR) is 68.8 cm³/mol. The van der Waals surface area contributed by atoms with Gasteiger partial charge in [-0.05, 0) is 18.1 Å². The lowest BCUT2D eigenvalue weighted by Gasteiger charge is -2.23. The van der Waals surface area contributed by atoms with E-state index in [4.69, 9.17) is 4.74 Å². The van der Waals surface area contributed by atoms with Crippen LogP contribution in [-0.2, 0) is 16.1 Å². The Morgan fingerprint density at radius 1 is 1.67 bits per heavy atom. The van der Waals surface area contributed by atoms with E-state index in [1.165, 1.54) is 0 Å². The van der Waals surface area contributed by atoms with Gasteiger partial charge in [-0.1, -0.05) is 12.1 Å². The number of carbonyl (C=O) groups excluding carboxylic acids is 1. The molecule has 2 heterocycles. The van der Waals surface area contributed by atoms with Crippen molar-refractivity contribution in [3.05, 3.63) is 42.7 Å². The van der Waals surface area contributed by atoms with Crippen LogP contribution in [0.4, 0.5) is 0 Å². The average Bonchev–Trinajstić information content (AvgIpc) is 2.92. The highest BCUT2D eigenvalue weighted by Gasteiger charge is 2.27. The molecule has 96 valence electrons. The highest BCUT2D eigenvalue weighted by atomic mass is 16.5. The van der Waals surface area contributed by atoms with Crippen LogP contribution in [0.3, 0.4) is 0 Å². The Hall–Kier alpha value is -1.68. The second-order valence-corrected chi connectivity index (χ2v) is 4.43. The summed E-state index contributed by atoms with van der Waals surface area (Å²) in [4.78, 5) is 18.2. The van der Waals surface area contributed by atoms with Gasteiger partial charge >= 0.3 is 0 Å². The minimum Gasteiger partial charge on any atom is -0.381 e. The first-order valence-electron chi connectivity index (χ1n) is 6.17. The van der Waals surface area contributed by atoms with Crippen LogP contribution in [0.15, 0.2) is 37.2 Å². The lowest BCUT2D eigenvalue weighted by Crippen LogP contribution is -2.36. The molecule has 0 N–H and O–H groups in total. The van der Waals surface area contributed by atoms with Crippen LogP contribution in [-0.4, -0.2) is 35.5 Å². The third-order valence-electron chi connectivity index (χ3n) is 3.04. The molecule has 0 radical (unpaired) electrons. The third-order valence-corrected chi connectivity index (χ3v) is 3.04. The zero-order valence-electron chi connectivity index (χ0n) is 10.4. The van der Waals surface area contributed by atoms with Crippen molar-refractivity contribution in [1.29, 1.82) is 0 Å². The Labute approximate surface area is 107 Å². The van der Waals surface area contributed by atoms with Crippen molar-refractivity contribution >= 4 is 5.91 Å². The molecule has 0 bridgehead atoms. The Balaban J connectivity index is 2.03. The molecule has 1 aromatic rings. The van der Waals surface area contributed by atoms with E-state index in [2.05, 4.69) is 11.6 Å². The number of rotatable bonds is 5. The van der Waals surface area contributed by atoms with Crippen LogP contribution >= 0.6 is 0 Å². The number of ether oxygens (including phenoxy) is 1. The summed E-state index contributed by atoms with van der Waals surface area (Å²) in [5, 5.41) is 0. The summed E-state index contributed by atoms with van der Waals surface area (Å²) in [6.07, 6.45) is 6.09. The van der Waals surface area contributed by atoms with Gasteiger partial charge in [0.05, 0.1) is 12.5 Å². The molecule has 1 aliphatic heterocycles. The molecule has 2 rings (SSSR count). The molecular weight excluding hydrogens is 228 g/mol. The first-order valence-corrected chi connectivity index (χ1v) is 6.17. The first-order chi connectivity index (χ1) is 8.81. The Morgan fingerprint density at radius 3 is 3.17 bits per heavy atom. The van der Waals surface area contributed by atoms with Crippen molar-refractivity contribution in [2.45, 2.75) is 13.0 Å². The molecule has 1 aromatic heterocycles. The Bertz CT molecular complexity index is 400. The maximum Gasteiger partial charge on any atom is 0.228 e. The number of hydrogen-bond acceptors (Lipinski definition) is 3. The van der Waals surface area contributed by atoms with Gasteiger partial charge in [-0.25, -0.2) is 0 Å². The minimum absolute atomic E-state index is 0.00150. The number of carbonyl (C=O) groups is 1. The van der Waals surface area contributed by atoms with Gasteiger partial charge in [0.2, 0.25) is 5.91 Å². The molecule has 0 spiro atoms. The highest BCUT2D eigenvalue weighted by molar-refractivity contribution is 5.79. The zero-order valence-corrected chi connectivity index (χ0v) is 10.4. The molecule has 1 aliphatic rings. The maximum atomic E-state index is 12.3. The van der Waals surface area contributed by atoms with Crippen LogP contribution in [0.2, 0.25) is 0 Å². The van der Waals surface area contributed by atoms with E-state index in [9.17, 15) is 4.79 Å². The molecule has 1 atom stereocenters. The molecule has 1 saturated heterocycles. The summed E-state index contributed by atoms with van der Waals surface area (Å²) in [7, 11) is 0. The van der Waals surface area contributed by atoms with E-state index < -0.39 is 0 Å². The normalized spacial score (nSPS) is 18.6. The second-order valence-electron chi connectivity index (χ2n) is 4.43. The largest absolute Gasteiger partial charge is 0.381 e. The summed E-state index contributed by atoms with van der Waals surface area (Å²) < 4.78 is 5.27. The molecule has 1 amide bonds. The van der Waals surface area contributed by atoms with Crippen molar-refractivity contribution in [3.63, 3.8) is 0 Å². The van der Waals surface area contributed by atoms with Crippen molar-refractivity contribution in [3.8, 4) is 0 Å². The minimum atomic E-state index is 0.00150. The molecule has 1 fully saturated rings. The summed E-state index contributed by atoms with van der Waals surface area (Å²) >= 11 is 0. The first kappa shape index (κ1) is 12.8. The highest BCUT2D eigenvalue weighted by Crippen LogP contribution is 2.17. The molecule has 4 nitrogen and oxygen atoms in total. The van der Waals surface area contributed by atoms with Crippen LogP contribution < -0.4 is 0 Å². The van der Waals surface area contributed by atoms with E-state index in [0.717, 1.165) is 12.0 Å². The van der Waals surface area contributed by atoms with Gasteiger partial charge in [0.1, 0.15) is 0 Å². The van der Waals surface area contributed by atoms with Gasteiger partial charge < -0.3 is 9.64 Å². The number of pyridine rings is 1. The SMILES string of the molecule is C=CCN(Cc1cccnc1)C(=O)[C@@H]1CCOC1. The fourth-order valence-electron chi connectivity index (χ4n) is 2.09. The van der Waals surface area contributed by atoms with Crippen molar-refractivity contribution in [2.24, 2.45) is 5.92 Å². The molecule has 4 heteroatoms. The molecule has 0 saturated carbocycles. The number of aromatic nitrogens is 1. The summed E-state index contributed by atoms with van der Waals surface area (Å²) in [6, 6.07) is 3.85. The summed E-state index contributed by atoms with van der Waals surface area (Å²) in [5.74, 6) is 0.151. The van der Waals surface area contributed by atoms with Crippen LogP contribution in [0.5, 0.6) is 0 Å². The molecule has 0 unspecified atom stereocenters. The van der Waals surface area contributed by atoms with Gasteiger partial charge in [0, 0.05) is 32.1 Å². The van der Waals surface area contributed by atoms with E-state index >= 15 is 0 Å². The lowest BCUT2D eigenvalue weighted by atomic mass is 10.1. The predicted octanol–water partition coefficient (Wildman–Crippen LogP) is 1.63. The third kappa shape index (κ3) is 3.17. The van der Waals surface area contributed by atoms with Gasteiger partial charge in [-0.2, -0.15) is 0 Å². The van der Waals surface area contributed by atoms with E-state index in [1.807, 2.05) is 17.0 Å². The van der Waals surface area contributed by atoms with E-state index in [1.54, 1.807) is 18.5 Å². The summed E-state index contributed by atoms with van der Waals surface area (Å²) in [6.45, 7) is 6.08. The average molecular weight is 246 g/mol. The fourth-order valence-corrected chi connectivity index (χ4v) is 2.09. The zero-order chi connectivity index (χ0) is 12.8. The van der Waals surface area contributed by atoms with Crippen molar-refractivity contribution < 1.29 is 9.53 Å². The van der Waals surface area contributed by atoms with Crippen LogP contribution in [0, 0.1) is 5.92 Å².